The summed E-state index contributed by atoms with van der Waals surface area (Å²) in [6, 6.07) is 14.9. The first-order chi connectivity index (χ1) is 9.95. The van der Waals surface area contributed by atoms with Crippen LogP contribution >= 0.6 is 15.9 Å². The van der Waals surface area contributed by atoms with Gasteiger partial charge in [0.05, 0.1) is 4.90 Å². The molecule has 112 valence electrons. The van der Waals surface area contributed by atoms with Crippen LogP contribution < -0.4 is 0 Å². The van der Waals surface area contributed by atoms with E-state index in [0.717, 1.165) is 12.0 Å². The van der Waals surface area contributed by atoms with Crippen molar-refractivity contribution in [3.8, 4) is 0 Å². The van der Waals surface area contributed by atoms with Crippen molar-refractivity contribution in [2.75, 3.05) is 7.05 Å². The molecule has 5 heteroatoms. The highest BCUT2D eigenvalue weighted by molar-refractivity contribution is 9.10. The molecular weight excluding hydrogens is 350 g/mol. The lowest BCUT2D eigenvalue weighted by Gasteiger charge is -2.18. The molecule has 0 atom stereocenters. The van der Waals surface area contributed by atoms with Crippen LogP contribution in [0.3, 0.4) is 0 Å². The Hall–Kier alpha value is -1.17. The van der Waals surface area contributed by atoms with Crippen molar-refractivity contribution in [3.63, 3.8) is 0 Å². The average Bonchev–Trinajstić information content (AvgIpc) is 2.48. The van der Waals surface area contributed by atoms with E-state index in [9.17, 15) is 8.42 Å². The van der Waals surface area contributed by atoms with E-state index in [1.54, 1.807) is 31.3 Å². The standard InChI is InChI=1S/C16H18BrNO2S/c1-3-13-8-10-14(11-9-13)12-18(2)21(19,20)16-7-5-4-6-15(16)17/h4-11H,3,12H2,1-2H3. The quantitative estimate of drug-likeness (QED) is 0.804. The zero-order valence-electron chi connectivity index (χ0n) is 12.1. The Morgan fingerprint density at radius 2 is 1.57 bits per heavy atom. The van der Waals surface area contributed by atoms with Gasteiger partial charge in [-0.15, -0.1) is 0 Å². The number of sulfonamides is 1. The zero-order valence-corrected chi connectivity index (χ0v) is 14.5. The van der Waals surface area contributed by atoms with Crippen LogP contribution in [0.5, 0.6) is 0 Å². The van der Waals surface area contributed by atoms with Gasteiger partial charge >= 0.3 is 0 Å². The van der Waals surface area contributed by atoms with Crippen LogP contribution in [-0.4, -0.2) is 19.8 Å². The molecule has 3 nitrogen and oxygen atoms in total. The predicted molar refractivity (Wildman–Crippen MR) is 88.6 cm³/mol. The van der Waals surface area contributed by atoms with Crippen molar-refractivity contribution in [2.24, 2.45) is 0 Å². The van der Waals surface area contributed by atoms with E-state index < -0.39 is 10.0 Å². The second-order valence-corrected chi connectivity index (χ2v) is 7.73. The lowest BCUT2D eigenvalue weighted by Crippen LogP contribution is -2.26. The first-order valence-corrected chi connectivity index (χ1v) is 8.97. The number of rotatable bonds is 5. The van der Waals surface area contributed by atoms with Crippen LogP contribution in [0.2, 0.25) is 0 Å². The minimum atomic E-state index is -3.50. The molecule has 2 aromatic rings. The summed E-state index contributed by atoms with van der Waals surface area (Å²) in [5, 5.41) is 0. The molecule has 21 heavy (non-hydrogen) atoms. The Morgan fingerprint density at radius 3 is 2.14 bits per heavy atom. The van der Waals surface area contributed by atoms with Crippen molar-refractivity contribution in [3.05, 3.63) is 64.1 Å². The molecule has 2 rings (SSSR count). The Balaban J connectivity index is 2.22. The molecule has 0 heterocycles. The summed E-state index contributed by atoms with van der Waals surface area (Å²) in [7, 11) is -1.90. The van der Waals surface area contributed by atoms with Gasteiger partial charge in [-0.3, -0.25) is 0 Å². The molecule has 0 aliphatic rings. The Labute approximate surface area is 134 Å². The number of nitrogens with zero attached hydrogens (tertiary/aromatic N) is 1. The number of aryl methyl sites for hydroxylation is 1. The fraction of sp³-hybridized carbons (Fsp3) is 0.250. The van der Waals surface area contributed by atoms with Gasteiger partial charge in [0.15, 0.2) is 0 Å². The Bertz CT molecular complexity index is 711. The normalized spacial score (nSPS) is 11.8. The smallest absolute Gasteiger partial charge is 0.207 e. The molecule has 0 aromatic heterocycles. The second kappa shape index (κ2) is 6.73. The molecule has 0 aliphatic carbocycles. The van der Waals surface area contributed by atoms with Gasteiger partial charge in [-0.25, -0.2) is 8.42 Å². The molecule has 0 unspecified atom stereocenters. The highest BCUT2D eigenvalue weighted by Crippen LogP contribution is 2.24. The monoisotopic (exact) mass is 367 g/mol. The maximum absolute atomic E-state index is 12.6. The van der Waals surface area contributed by atoms with Crippen molar-refractivity contribution < 1.29 is 8.42 Å². The van der Waals surface area contributed by atoms with Crippen LogP contribution in [0, 0.1) is 0 Å². The summed E-state index contributed by atoms with van der Waals surface area (Å²) in [5.41, 5.74) is 2.22. The van der Waals surface area contributed by atoms with Crippen molar-refractivity contribution in [2.45, 2.75) is 24.8 Å². The lowest BCUT2D eigenvalue weighted by atomic mass is 10.1. The van der Waals surface area contributed by atoms with E-state index in [-0.39, 0.29) is 4.90 Å². The Morgan fingerprint density at radius 1 is 1.00 bits per heavy atom. The first-order valence-electron chi connectivity index (χ1n) is 6.74. The highest BCUT2D eigenvalue weighted by Gasteiger charge is 2.22. The van der Waals surface area contributed by atoms with Gasteiger partial charge in [-0.1, -0.05) is 43.3 Å². The number of halogens is 1. The minimum absolute atomic E-state index is 0.290. The van der Waals surface area contributed by atoms with Crippen LogP contribution in [0.4, 0.5) is 0 Å². The number of hydrogen-bond donors (Lipinski definition) is 0. The Kier molecular flexibility index (Phi) is 5.19. The molecule has 0 aliphatic heterocycles. The van der Waals surface area contributed by atoms with Crippen LogP contribution in [0.15, 0.2) is 57.9 Å². The summed E-state index contributed by atoms with van der Waals surface area (Å²) in [6.07, 6.45) is 0.978. The molecule has 0 spiro atoms. The molecule has 0 radical (unpaired) electrons. The van der Waals surface area contributed by atoms with Crippen LogP contribution in [0.1, 0.15) is 18.1 Å². The van der Waals surface area contributed by atoms with E-state index in [1.807, 2.05) is 24.3 Å². The first kappa shape index (κ1) is 16.2. The SMILES string of the molecule is CCc1ccc(CN(C)S(=O)(=O)c2ccccc2Br)cc1. The summed E-state index contributed by atoms with van der Waals surface area (Å²) in [4.78, 5) is 0.290. The topological polar surface area (TPSA) is 37.4 Å². The average molecular weight is 368 g/mol. The minimum Gasteiger partial charge on any atom is -0.207 e. The van der Waals surface area contributed by atoms with Crippen molar-refractivity contribution >= 4 is 26.0 Å². The van der Waals surface area contributed by atoms with Gasteiger partial charge in [0.25, 0.3) is 0 Å². The van der Waals surface area contributed by atoms with Gasteiger partial charge in [-0.05, 0) is 45.6 Å². The predicted octanol–water partition coefficient (Wildman–Crippen LogP) is 3.83. The number of benzene rings is 2. The van der Waals surface area contributed by atoms with E-state index >= 15 is 0 Å². The maximum atomic E-state index is 12.6. The zero-order chi connectivity index (χ0) is 15.5. The molecular formula is C16H18BrNO2S. The van der Waals surface area contributed by atoms with E-state index in [4.69, 9.17) is 0 Å². The third kappa shape index (κ3) is 3.73. The van der Waals surface area contributed by atoms with Crippen molar-refractivity contribution in [1.29, 1.82) is 0 Å². The fourth-order valence-corrected chi connectivity index (χ4v) is 4.16. The van der Waals surface area contributed by atoms with Gasteiger partial charge in [0.1, 0.15) is 0 Å². The third-order valence-electron chi connectivity index (χ3n) is 3.36. The van der Waals surface area contributed by atoms with Gasteiger partial charge in [0, 0.05) is 18.1 Å². The van der Waals surface area contributed by atoms with Gasteiger partial charge in [0.2, 0.25) is 10.0 Å². The number of hydrogen-bond acceptors (Lipinski definition) is 2. The second-order valence-electron chi connectivity index (χ2n) is 4.86. The molecule has 0 N–H and O–H groups in total. The van der Waals surface area contributed by atoms with E-state index in [2.05, 4.69) is 22.9 Å². The third-order valence-corrected chi connectivity index (χ3v) is 6.18. The van der Waals surface area contributed by atoms with Crippen LogP contribution in [0.25, 0.3) is 0 Å². The molecule has 0 fully saturated rings. The molecule has 0 bridgehead atoms. The van der Waals surface area contributed by atoms with Gasteiger partial charge < -0.3 is 0 Å². The van der Waals surface area contributed by atoms with Gasteiger partial charge in [-0.2, -0.15) is 4.31 Å². The van der Waals surface area contributed by atoms with E-state index in [0.29, 0.717) is 11.0 Å². The summed E-state index contributed by atoms with van der Waals surface area (Å²) in [6.45, 7) is 2.45. The van der Waals surface area contributed by atoms with E-state index in [1.165, 1.54) is 9.87 Å². The van der Waals surface area contributed by atoms with Crippen molar-refractivity contribution in [1.82, 2.24) is 4.31 Å². The fourth-order valence-electron chi connectivity index (χ4n) is 2.04. The molecule has 0 amide bonds. The summed E-state index contributed by atoms with van der Waals surface area (Å²) < 4.78 is 27.1. The van der Waals surface area contributed by atoms with Crippen LogP contribution in [-0.2, 0) is 23.0 Å². The summed E-state index contributed by atoms with van der Waals surface area (Å²) in [5.74, 6) is 0. The lowest BCUT2D eigenvalue weighted by molar-refractivity contribution is 0.466. The maximum Gasteiger partial charge on any atom is 0.244 e. The largest absolute Gasteiger partial charge is 0.244 e. The summed E-state index contributed by atoms with van der Waals surface area (Å²) >= 11 is 3.30. The molecule has 0 saturated heterocycles. The highest BCUT2D eigenvalue weighted by atomic mass is 79.9. The molecule has 0 saturated carbocycles. The molecule has 2 aromatic carbocycles.